The van der Waals surface area contributed by atoms with Crippen LogP contribution in [0.25, 0.3) is 0 Å². The van der Waals surface area contributed by atoms with Crippen molar-refractivity contribution in [1.29, 1.82) is 0 Å². The van der Waals surface area contributed by atoms with Gasteiger partial charge >= 0.3 is 0 Å². The molecular formula is C8H12N3O+. The van der Waals surface area contributed by atoms with E-state index in [1.807, 2.05) is 18.2 Å². The van der Waals surface area contributed by atoms with Gasteiger partial charge in [-0.15, -0.1) is 0 Å². The summed E-state index contributed by atoms with van der Waals surface area (Å²) < 4.78 is 0. The highest BCUT2D eigenvalue weighted by molar-refractivity contribution is 6.01. The van der Waals surface area contributed by atoms with Crippen LogP contribution in [0.1, 0.15) is 12.5 Å². The highest BCUT2D eigenvalue weighted by Crippen LogP contribution is 2.09. The van der Waals surface area contributed by atoms with Crippen LogP contribution in [0.15, 0.2) is 29.4 Å². The van der Waals surface area contributed by atoms with Gasteiger partial charge in [-0.3, -0.25) is 0 Å². The van der Waals surface area contributed by atoms with Crippen LogP contribution in [-0.4, -0.2) is 10.9 Å². The SMILES string of the molecule is C/C(=N\N)c1ccccc1[NH2+]O. The summed E-state index contributed by atoms with van der Waals surface area (Å²) >= 11 is 0. The molecule has 0 aliphatic carbocycles. The Labute approximate surface area is 70.7 Å². The monoisotopic (exact) mass is 166 g/mol. The Balaban J connectivity index is 3.13. The number of quaternary nitrogens is 1. The summed E-state index contributed by atoms with van der Waals surface area (Å²) in [4.78, 5) is 0. The maximum atomic E-state index is 8.84. The summed E-state index contributed by atoms with van der Waals surface area (Å²) in [6.07, 6.45) is 0. The smallest absolute Gasteiger partial charge is 0.170 e. The topological polar surface area (TPSA) is 75.2 Å². The second-order valence-corrected chi connectivity index (χ2v) is 2.43. The van der Waals surface area contributed by atoms with E-state index < -0.39 is 0 Å². The van der Waals surface area contributed by atoms with E-state index in [1.165, 1.54) is 0 Å². The summed E-state index contributed by atoms with van der Waals surface area (Å²) in [5, 5.41) is 12.4. The first kappa shape index (κ1) is 8.70. The largest absolute Gasteiger partial charge is 0.323 e. The second-order valence-electron chi connectivity index (χ2n) is 2.43. The zero-order valence-corrected chi connectivity index (χ0v) is 6.86. The third-order valence-corrected chi connectivity index (χ3v) is 1.68. The van der Waals surface area contributed by atoms with Crippen molar-refractivity contribution < 1.29 is 10.7 Å². The van der Waals surface area contributed by atoms with E-state index in [4.69, 9.17) is 11.0 Å². The molecule has 0 saturated heterocycles. The first-order chi connectivity index (χ1) is 5.79. The maximum Gasteiger partial charge on any atom is 0.170 e. The molecule has 0 bridgehead atoms. The lowest BCUT2D eigenvalue weighted by Crippen LogP contribution is -2.74. The fraction of sp³-hybridized carbons (Fsp3) is 0.125. The molecule has 4 nitrogen and oxygen atoms in total. The normalized spacial score (nSPS) is 11.7. The van der Waals surface area contributed by atoms with Crippen molar-refractivity contribution >= 4 is 11.4 Å². The number of rotatable bonds is 2. The van der Waals surface area contributed by atoms with E-state index in [2.05, 4.69) is 5.10 Å². The van der Waals surface area contributed by atoms with Gasteiger partial charge in [-0.1, -0.05) is 12.1 Å². The lowest BCUT2D eigenvalue weighted by Gasteiger charge is -2.00. The van der Waals surface area contributed by atoms with Gasteiger partial charge in [-0.05, 0) is 13.0 Å². The Hall–Kier alpha value is -1.39. The van der Waals surface area contributed by atoms with Crippen LogP contribution in [-0.2, 0) is 0 Å². The molecule has 0 aliphatic rings. The average molecular weight is 166 g/mol. The second kappa shape index (κ2) is 3.85. The number of hydrogen-bond donors (Lipinski definition) is 3. The molecule has 0 fully saturated rings. The summed E-state index contributed by atoms with van der Waals surface area (Å²) in [5.74, 6) is 5.12. The Kier molecular flexibility index (Phi) is 2.79. The van der Waals surface area contributed by atoms with Gasteiger partial charge < -0.3 is 5.84 Å². The van der Waals surface area contributed by atoms with Crippen molar-refractivity contribution in [2.45, 2.75) is 6.92 Å². The number of benzene rings is 1. The predicted octanol–water partition coefficient (Wildman–Crippen LogP) is -0.0466. The molecule has 0 heterocycles. The van der Waals surface area contributed by atoms with E-state index in [-0.39, 0.29) is 0 Å². The number of nitrogens with two attached hydrogens (primary N) is 2. The zero-order valence-electron chi connectivity index (χ0n) is 6.86. The lowest BCUT2D eigenvalue weighted by molar-refractivity contribution is -0.825. The molecule has 5 N–H and O–H groups in total. The molecule has 0 amide bonds. The van der Waals surface area contributed by atoms with Crippen molar-refractivity contribution in [2.75, 3.05) is 0 Å². The van der Waals surface area contributed by atoms with Gasteiger partial charge in [-0.2, -0.15) is 10.6 Å². The van der Waals surface area contributed by atoms with Crippen molar-refractivity contribution in [3.63, 3.8) is 0 Å². The molecule has 0 unspecified atom stereocenters. The molecule has 64 valence electrons. The van der Waals surface area contributed by atoms with Gasteiger partial charge in [0.1, 0.15) is 0 Å². The molecule has 1 rings (SSSR count). The molecule has 0 aromatic heterocycles. The fourth-order valence-corrected chi connectivity index (χ4v) is 1.01. The van der Waals surface area contributed by atoms with E-state index >= 15 is 0 Å². The third kappa shape index (κ3) is 1.61. The Morgan fingerprint density at radius 2 is 2.17 bits per heavy atom. The highest BCUT2D eigenvalue weighted by atomic mass is 16.5. The molecule has 12 heavy (non-hydrogen) atoms. The molecular weight excluding hydrogens is 154 g/mol. The summed E-state index contributed by atoms with van der Waals surface area (Å²) in [7, 11) is 0. The highest BCUT2D eigenvalue weighted by Gasteiger charge is 2.06. The fourth-order valence-electron chi connectivity index (χ4n) is 1.01. The molecule has 4 heteroatoms. The van der Waals surface area contributed by atoms with E-state index in [1.54, 1.807) is 13.0 Å². The summed E-state index contributed by atoms with van der Waals surface area (Å²) in [6.45, 7) is 1.79. The minimum absolute atomic E-state index is 0.705. The number of nitrogens with zero attached hydrogens (tertiary/aromatic N) is 1. The van der Waals surface area contributed by atoms with E-state index in [0.29, 0.717) is 5.71 Å². The van der Waals surface area contributed by atoms with Crippen molar-refractivity contribution in [3.8, 4) is 0 Å². The zero-order chi connectivity index (χ0) is 8.97. The third-order valence-electron chi connectivity index (χ3n) is 1.68. The molecule has 0 spiro atoms. The maximum absolute atomic E-state index is 8.84. The first-order valence-electron chi connectivity index (χ1n) is 3.61. The Morgan fingerprint density at radius 1 is 1.50 bits per heavy atom. The Bertz CT molecular complexity index is 296. The number of hydrazone groups is 1. The first-order valence-corrected chi connectivity index (χ1v) is 3.61. The van der Waals surface area contributed by atoms with Gasteiger partial charge in [0, 0.05) is 6.07 Å². The molecule has 0 radical (unpaired) electrons. The molecule has 1 aromatic carbocycles. The van der Waals surface area contributed by atoms with Crippen LogP contribution in [0, 0.1) is 0 Å². The van der Waals surface area contributed by atoms with Crippen LogP contribution < -0.4 is 11.3 Å². The van der Waals surface area contributed by atoms with Gasteiger partial charge in [0.15, 0.2) is 5.69 Å². The van der Waals surface area contributed by atoms with Crippen LogP contribution in [0.2, 0.25) is 0 Å². The van der Waals surface area contributed by atoms with Crippen molar-refractivity contribution in [1.82, 2.24) is 0 Å². The van der Waals surface area contributed by atoms with Gasteiger partial charge in [-0.25, -0.2) is 5.21 Å². The van der Waals surface area contributed by atoms with Crippen LogP contribution >= 0.6 is 0 Å². The van der Waals surface area contributed by atoms with Gasteiger partial charge in [0.05, 0.1) is 11.3 Å². The minimum atomic E-state index is 0.705. The van der Waals surface area contributed by atoms with Gasteiger partial charge in [0.25, 0.3) is 0 Å². The van der Waals surface area contributed by atoms with Crippen LogP contribution in [0.5, 0.6) is 0 Å². The molecule has 0 atom stereocenters. The average Bonchev–Trinajstić information content (AvgIpc) is 2.16. The predicted molar refractivity (Wildman–Crippen MR) is 46.2 cm³/mol. The number of hydrogen-bond acceptors (Lipinski definition) is 3. The van der Waals surface area contributed by atoms with Crippen LogP contribution in [0.3, 0.4) is 0 Å². The van der Waals surface area contributed by atoms with E-state index in [0.717, 1.165) is 16.7 Å². The van der Waals surface area contributed by atoms with Crippen molar-refractivity contribution in [2.24, 2.45) is 10.9 Å². The quantitative estimate of drug-likeness (QED) is 0.249. The number of para-hydroxylation sites is 1. The van der Waals surface area contributed by atoms with Crippen LogP contribution in [0.4, 0.5) is 5.69 Å². The van der Waals surface area contributed by atoms with E-state index in [9.17, 15) is 0 Å². The molecule has 0 saturated carbocycles. The van der Waals surface area contributed by atoms with Crippen molar-refractivity contribution in [3.05, 3.63) is 29.8 Å². The summed E-state index contributed by atoms with van der Waals surface area (Å²) in [5.41, 5.74) is 3.33. The standard InChI is InChI=1S/C8H11N3O/c1-6(10-9)7-4-2-3-5-8(7)11-12/h2-5,11-12H,9H2,1H3/p+1/b10-6+. The molecule has 1 aromatic rings. The lowest BCUT2D eigenvalue weighted by atomic mass is 10.1. The minimum Gasteiger partial charge on any atom is -0.323 e. The Morgan fingerprint density at radius 3 is 2.75 bits per heavy atom. The molecule has 0 aliphatic heterocycles. The summed E-state index contributed by atoms with van der Waals surface area (Å²) in [6, 6.07) is 7.37. The van der Waals surface area contributed by atoms with Gasteiger partial charge in [0.2, 0.25) is 0 Å².